The molecule has 0 saturated carbocycles. The molecule has 0 aliphatic rings. The first-order valence-electron chi connectivity index (χ1n) is 10.2. The van der Waals surface area contributed by atoms with Gasteiger partial charge in [0.15, 0.2) is 0 Å². The van der Waals surface area contributed by atoms with Gasteiger partial charge in [0.2, 0.25) is 0 Å². The largest absolute Gasteiger partial charge is 0.492 e. The Labute approximate surface area is 188 Å². The smallest absolute Gasteiger partial charge is 0.400 e. The lowest BCUT2D eigenvalue weighted by atomic mass is 9.92. The van der Waals surface area contributed by atoms with Gasteiger partial charge in [0.05, 0.1) is 5.56 Å². The highest BCUT2D eigenvalue weighted by atomic mass is 19.4. The molecule has 0 bridgehead atoms. The van der Waals surface area contributed by atoms with Crippen LogP contribution in [-0.2, 0) is 16.0 Å². The van der Waals surface area contributed by atoms with Gasteiger partial charge in [-0.3, -0.25) is 0 Å². The quantitative estimate of drug-likeness (QED) is 0.245. The summed E-state index contributed by atoms with van der Waals surface area (Å²) in [6.45, 7) is 4.31. The summed E-state index contributed by atoms with van der Waals surface area (Å²) in [5.41, 5.74) is -0.658. The zero-order valence-corrected chi connectivity index (χ0v) is 18.2. The number of hydrogen-bond acceptors (Lipinski definition) is 5. The second-order valence-electron chi connectivity index (χ2n) is 7.82. The van der Waals surface area contributed by atoms with Crippen LogP contribution < -0.4 is 10.4 Å². The highest BCUT2D eigenvalue weighted by Gasteiger charge is 2.53. The summed E-state index contributed by atoms with van der Waals surface area (Å²) in [6, 6.07) is 13.6. The molecule has 0 fully saturated rings. The Kier molecular flexibility index (Phi) is 6.95. The fourth-order valence-corrected chi connectivity index (χ4v) is 3.20. The van der Waals surface area contributed by atoms with Gasteiger partial charge in [-0.2, -0.15) is 13.2 Å². The number of fused-ring (bicyclic) bond motifs is 1. The van der Waals surface area contributed by atoms with Gasteiger partial charge in [0.1, 0.15) is 30.0 Å². The Bertz CT molecular complexity index is 1230. The monoisotopic (exact) mass is 460 g/mol. The maximum absolute atomic E-state index is 13.6. The van der Waals surface area contributed by atoms with Crippen molar-refractivity contribution in [2.24, 2.45) is 5.41 Å². The van der Waals surface area contributed by atoms with Crippen LogP contribution in [0, 0.1) is 5.41 Å². The topological polar surface area (TPSA) is 65.7 Å². The Morgan fingerprint density at radius 2 is 1.82 bits per heavy atom. The minimum atomic E-state index is -4.70. The van der Waals surface area contributed by atoms with E-state index in [9.17, 15) is 22.8 Å². The number of esters is 1. The normalized spacial score (nSPS) is 13.4. The van der Waals surface area contributed by atoms with Gasteiger partial charge in [-0.25, -0.2) is 9.59 Å². The highest BCUT2D eigenvalue weighted by Crippen LogP contribution is 2.39. The molecule has 1 atom stereocenters. The molecular weight excluding hydrogens is 437 g/mol. The number of rotatable bonds is 8. The van der Waals surface area contributed by atoms with E-state index < -0.39 is 36.4 Å². The summed E-state index contributed by atoms with van der Waals surface area (Å²) in [4.78, 5) is 23.8. The summed E-state index contributed by atoms with van der Waals surface area (Å²) in [5.74, 6) is -0.878. The molecule has 0 saturated heterocycles. The molecule has 3 rings (SSSR count). The second-order valence-corrected chi connectivity index (χ2v) is 7.82. The van der Waals surface area contributed by atoms with E-state index in [0.717, 1.165) is 30.5 Å². The van der Waals surface area contributed by atoms with Crippen molar-refractivity contribution in [1.82, 2.24) is 0 Å². The van der Waals surface area contributed by atoms with Gasteiger partial charge in [-0.15, -0.1) is 0 Å². The first kappa shape index (κ1) is 24.1. The first-order chi connectivity index (χ1) is 15.6. The standard InChI is InChI=1S/C25H23F3O5/c1-4-16-8-6-7-9-19(16)20-12-17-10-11-18(13-21(17)33-23(20)30)31-14-24(3,25(26,27)28)15-32-22(29)5-2/h5-13H,2,4,14-15H2,1,3H3. The van der Waals surface area contributed by atoms with E-state index in [1.807, 2.05) is 31.2 Å². The third-order valence-electron chi connectivity index (χ3n) is 5.34. The summed E-state index contributed by atoms with van der Waals surface area (Å²) in [7, 11) is 0. The van der Waals surface area contributed by atoms with Crippen LogP contribution in [-0.4, -0.2) is 25.4 Å². The molecule has 33 heavy (non-hydrogen) atoms. The number of carbonyl (C=O) groups excluding carboxylic acids is 1. The van der Waals surface area contributed by atoms with Gasteiger partial charge in [0.25, 0.3) is 0 Å². The van der Waals surface area contributed by atoms with Crippen LogP contribution in [0.1, 0.15) is 19.4 Å². The minimum Gasteiger partial charge on any atom is -0.492 e. The maximum atomic E-state index is 13.6. The number of ether oxygens (including phenoxy) is 2. The molecule has 1 unspecified atom stereocenters. The molecule has 174 valence electrons. The minimum absolute atomic E-state index is 0.0814. The lowest BCUT2D eigenvalue weighted by molar-refractivity contribution is -0.240. The molecule has 5 nitrogen and oxygen atoms in total. The van der Waals surface area contributed by atoms with E-state index in [1.54, 1.807) is 12.1 Å². The third-order valence-corrected chi connectivity index (χ3v) is 5.34. The third kappa shape index (κ3) is 5.27. The van der Waals surface area contributed by atoms with Crippen molar-refractivity contribution >= 4 is 16.9 Å². The molecule has 0 aliphatic heterocycles. The van der Waals surface area contributed by atoms with Crippen LogP contribution in [0.4, 0.5) is 13.2 Å². The number of hydrogen-bond donors (Lipinski definition) is 0. The second kappa shape index (κ2) is 9.52. The van der Waals surface area contributed by atoms with E-state index >= 15 is 0 Å². The van der Waals surface area contributed by atoms with E-state index in [-0.39, 0.29) is 11.3 Å². The average molecular weight is 460 g/mol. The molecule has 0 radical (unpaired) electrons. The molecule has 1 aromatic heterocycles. The van der Waals surface area contributed by atoms with Crippen molar-refractivity contribution in [3.05, 3.63) is 77.2 Å². The van der Waals surface area contributed by atoms with Crippen LogP contribution in [0.5, 0.6) is 5.75 Å². The fraction of sp³-hybridized carbons (Fsp3) is 0.280. The van der Waals surface area contributed by atoms with Gasteiger partial charge in [-0.05, 0) is 42.7 Å². The Hall–Kier alpha value is -3.55. The lowest BCUT2D eigenvalue weighted by Gasteiger charge is -2.31. The van der Waals surface area contributed by atoms with E-state index in [1.165, 1.54) is 12.1 Å². The summed E-state index contributed by atoms with van der Waals surface area (Å²) in [5, 5.41) is 0.598. The number of carbonyl (C=O) groups is 1. The summed E-state index contributed by atoms with van der Waals surface area (Å²) >= 11 is 0. The van der Waals surface area contributed by atoms with Crippen LogP contribution in [0.25, 0.3) is 22.1 Å². The Morgan fingerprint density at radius 1 is 1.09 bits per heavy atom. The zero-order chi connectivity index (χ0) is 24.2. The van der Waals surface area contributed by atoms with Crippen molar-refractivity contribution in [2.45, 2.75) is 26.4 Å². The fourth-order valence-electron chi connectivity index (χ4n) is 3.20. The number of aryl methyl sites for hydroxylation is 1. The predicted octanol–water partition coefficient (Wildman–Crippen LogP) is 5.70. The Morgan fingerprint density at radius 3 is 2.48 bits per heavy atom. The summed E-state index contributed by atoms with van der Waals surface area (Å²) < 4.78 is 56.2. The van der Waals surface area contributed by atoms with Gasteiger partial charge >= 0.3 is 17.8 Å². The molecule has 3 aromatic rings. The van der Waals surface area contributed by atoms with Crippen molar-refractivity contribution in [2.75, 3.05) is 13.2 Å². The van der Waals surface area contributed by atoms with Crippen LogP contribution in [0.3, 0.4) is 0 Å². The zero-order valence-electron chi connectivity index (χ0n) is 18.2. The lowest BCUT2D eigenvalue weighted by Crippen LogP contribution is -2.44. The van der Waals surface area contributed by atoms with E-state index in [2.05, 4.69) is 11.3 Å². The molecule has 1 heterocycles. The molecule has 2 aromatic carbocycles. The highest BCUT2D eigenvalue weighted by molar-refractivity contribution is 5.83. The average Bonchev–Trinajstić information content (AvgIpc) is 2.79. The number of benzene rings is 2. The first-order valence-corrected chi connectivity index (χ1v) is 10.2. The predicted molar refractivity (Wildman–Crippen MR) is 118 cm³/mol. The van der Waals surface area contributed by atoms with Crippen molar-refractivity contribution in [3.8, 4) is 16.9 Å². The maximum Gasteiger partial charge on any atom is 0.400 e. The summed E-state index contributed by atoms with van der Waals surface area (Å²) in [6.07, 6.45) is -3.17. The van der Waals surface area contributed by atoms with Gasteiger partial charge in [-0.1, -0.05) is 37.8 Å². The van der Waals surface area contributed by atoms with Gasteiger partial charge in [0, 0.05) is 17.5 Å². The molecule has 0 aliphatic carbocycles. The molecule has 0 N–H and O–H groups in total. The van der Waals surface area contributed by atoms with Crippen molar-refractivity contribution in [3.63, 3.8) is 0 Å². The molecule has 0 amide bonds. The molecule has 8 heteroatoms. The number of halogens is 3. The number of alkyl halides is 3. The van der Waals surface area contributed by atoms with E-state index in [4.69, 9.17) is 9.15 Å². The van der Waals surface area contributed by atoms with Crippen LogP contribution in [0.15, 0.2) is 70.4 Å². The SMILES string of the molecule is C=CC(=O)OCC(C)(COc1ccc2cc(-c3ccccc3CC)c(=O)oc2c1)C(F)(F)F. The van der Waals surface area contributed by atoms with Gasteiger partial charge < -0.3 is 13.9 Å². The Balaban J connectivity index is 1.87. The molecular formula is C25H23F3O5. The van der Waals surface area contributed by atoms with E-state index in [0.29, 0.717) is 10.9 Å². The van der Waals surface area contributed by atoms with Crippen LogP contribution >= 0.6 is 0 Å². The van der Waals surface area contributed by atoms with Crippen molar-refractivity contribution < 1.29 is 31.9 Å². The van der Waals surface area contributed by atoms with Crippen molar-refractivity contribution in [1.29, 1.82) is 0 Å². The molecule has 0 spiro atoms. The van der Waals surface area contributed by atoms with Crippen LogP contribution in [0.2, 0.25) is 0 Å².